The molecule has 2 aliphatic heterocycles. The Morgan fingerprint density at radius 1 is 0.346 bits per heavy atom. The molecular formula is C49H79NO2. The highest BCUT2D eigenvalue weighted by atomic mass is 16.5. The Hall–Kier alpha value is -0.120. The Labute approximate surface area is 319 Å². The summed E-state index contributed by atoms with van der Waals surface area (Å²) in [6.07, 6.45) is 48.8. The topological polar surface area (TPSA) is 21.7 Å². The minimum absolute atomic E-state index is 0.509. The minimum atomic E-state index is 0.509. The Balaban J connectivity index is 0.962. The number of hydrogen-bond acceptors (Lipinski definition) is 3. The zero-order valence-corrected chi connectivity index (χ0v) is 33.5. The van der Waals surface area contributed by atoms with E-state index in [0.29, 0.717) is 41.8 Å². The lowest BCUT2D eigenvalue weighted by atomic mass is 9.48. The molecule has 0 N–H and O–H groups in total. The van der Waals surface area contributed by atoms with Gasteiger partial charge in [-0.1, -0.05) is 96.3 Å². The fourth-order valence-corrected chi connectivity index (χ4v) is 19.0. The lowest BCUT2D eigenvalue weighted by Gasteiger charge is -2.58. The predicted molar refractivity (Wildman–Crippen MR) is 211 cm³/mol. The van der Waals surface area contributed by atoms with Crippen LogP contribution in [0.4, 0.5) is 0 Å². The molecule has 0 amide bonds. The third kappa shape index (κ3) is 5.52. The third-order valence-corrected chi connectivity index (χ3v) is 20.2. The molecule has 9 aliphatic carbocycles. The van der Waals surface area contributed by atoms with Gasteiger partial charge in [-0.05, 0) is 161 Å². The largest absolute Gasteiger partial charge is 0.374 e. The smallest absolute Gasteiger partial charge is 0.0766 e. The molecule has 52 heavy (non-hydrogen) atoms. The van der Waals surface area contributed by atoms with Crippen molar-refractivity contribution in [2.45, 2.75) is 242 Å². The summed E-state index contributed by atoms with van der Waals surface area (Å²) in [4.78, 5) is 3.46. The van der Waals surface area contributed by atoms with Crippen molar-refractivity contribution in [3.8, 4) is 0 Å². The summed E-state index contributed by atoms with van der Waals surface area (Å²) in [7, 11) is 0. The van der Waals surface area contributed by atoms with E-state index in [-0.39, 0.29) is 0 Å². The van der Waals surface area contributed by atoms with Crippen molar-refractivity contribution < 1.29 is 9.47 Å². The molecular weight excluding hydrogens is 635 g/mol. The second-order valence-electron chi connectivity index (χ2n) is 21.9. The van der Waals surface area contributed by atoms with Crippen molar-refractivity contribution in [2.75, 3.05) is 0 Å². The fourth-order valence-electron chi connectivity index (χ4n) is 19.0. The van der Waals surface area contributed by atoms with Crippen molar-refractivity contribution in [2.24, 2.45) is 64.6 Å². The molecule has 2 saturated heterocycles. The van der Waals surface area contributed by atoms with Crippen LogP contribution in [-0.4, -0.2) is 47.4 Å². The van der Waals surface area contributed by atoms with Crippen LogP contribution < -0.4 is 0 Å². The lowest BCUT2D eigenvalue weighted by Crippen LogP contribution is -2.61. The van der Waals surface area contributed by atoms with Gasteiger partial charge in [-0.15, -0.1) is 0 Å². The van der Waals surface area contributed by atoms with Crippen molar-refractivity contribution >= 4 is 0 Å². The van der Waals surface area contributed by atoms with Gasteiger partial charge in [-0.3, -0.25) is 4.90 Å². The molecule has 11 rings (SSSR count). The molecule has 14 unspecified atom stereocenters. The maximum absolute atomic E-state index is 7.84. The number of rotatable bonds is 5. The first kappa shape index (κ1) is 35.1. The molecule has 9 saturated carbocycles. The van der Waals surface area contributed by atoms with E-state index in [9.17, 15) is 0 Å². The molecule has 11 aliphatic rings. The highest BCUT2D eigenvalue weighted by molar-refractivity contribution is 5.17. The Morgan fingerprint density at radius 3 is 1.69 bits per heavy atom. The molecule has 0 radical (unpaired) electrons. The van der Waals surface area contributed by atoms with Gasteiger partial charge in [0.05, 0.1) is 24.4 Å². The number of nitrogens with zero attached hydrogens (tertiary/aromatic N) is 1. The van der Waals surface area contributed by atoms with E-state index in [1.54, 1.807) is 83.5 Å². The van der Waals surface area contributed by atoms with Crippen LogP contribution in [0.1, 0.15) is 199 Å². The van der Waals surface area contributed by atoms with E-state index in [1.165, 1.54) is 116 Å². The summed E-state index contributed by atoms with van der Waals surface area (Å²) in [6.45, 7) is 0. The normalized spacial score (nSPS) is 49.8. The van der Waals surface area contributed by atoms with E-state index in [1.807, 2.05) is 0 Å². The zero-order valence-electron chi connectivity index (χ0n) is 33.5. The summed E-state index contributed by atoms with van der Waals surface area (Å²) in [5.41, 5.74) is 0.690. The lowest BCUT2D eigenvalue weighted by molar-refractivity contribution is -0.119. The van der Waals surface area contributed by atoms with Gasteiger partial charge in [0.1, 0.15) is 0 Å². The molecule has 2 heterocycles. The Kier molecular flexibility index (Phi) is 9.90. The van der Waals surface area contributed by atoms with Crippen LogP contribution in [0, 0.1) is 64.6 Å². The molecule has 0 aromatic carbocycles. The second-order valence-corrected chi connectivity index (χ2v) is 21.9. The molecule has 0 spiro atoms. The maximum atomic E-state index is 7.84. The van der Waals surface area contributed by atoms with E-state index in [4.69, 9.17) is 9.47 Å². The van der Waals surface area contributed by atoms with Gasteiger partial charge in [-0.2, -0.15) is 0 Å². The summed E-state index contributed by atoms with van der Waals surface area (Å²) in [6, 6.07) is 2.38. The van der Waals surface area contributed by atoms with Crippen LogP contribution in [0.3, 0.4) is 0 Å². The fraction of sp³-hybridized carbons (Fsp3) is 1.00. The van der Waals surface area contributed by atoms with Crippen LogP contribution in [0.5, 0.6) is 0 Å². The van der Waals surface area contributed by atoms with Crippen molar-refractivity contribution in [1.29, 1.82) is 0 Å². The maximum Gasteiger partial charge on any atom is 0.0766 e. The zero-order chi connectivity index (χ0) is 34.2. The molecule has 0 bridgehead atoms. The van der Waals surface area contributed by atoms with Gasteiger partial charge >= 0.3 is 0 Å². The molecule has 3 heteroatoms. The van der Waals surface area contributed by atoms with E-state index in [0.717, 1.165) is 65.3 Å². The SMILES string of the molecule is C1CCC(N(C2CCCC3C4CCC5OC6CCCCC6C5C4OC32)C2CCCC3C2C2CCCCC2C3(C2CCCCC2)C2CCCCC2)CC1. The minimum Gasteiger partial charge on any atom is -0.374 e. The first-order valence-corrected chi connectivity index (χ1v) is 24.9. The Bertz CT molecular complexity index is 1200. The summed E-state index contributed by atoms with van der Waals surface area (Å²) in [5, 5.41) is 0. The van der Waals surface area contributed by atoms with Gasteiger partial charge in [0.25, 0.3) is 0 Å². The number of ether oxygens (including phenoxy) is 2. The van der Waals surface area contributed by atoms with Crippen LogP contribution in [0.15, 0.2) is 0 Å². The monoisotopic (exact) mass is 714 g/mol. The highest BCUT2D eigenvalue weighted by Gasteiger charge is 2.68. The Morgan fingerprint density at radius 2 is 0.923 bits per heavy atom. The predicted octanol–water partition coefficient (Wildman–Crippen LogP) is 12.3. The summed E-state index contributed by atoms with van der Waals surface area (Å²) >= 11 is 0. The van der Waals surface area contributed by atoms with E-state index >= 15 is 0 Å². The standard InChI is InChI=1S/C49H79NO2/c1-4-16-32(17-5-1)49(33-18-6-2-7-19-33)39-25-12-10-22-37(39)45-40(49)26-15-27-41(45)50(34-20-8-3-9-21-34)42-28-14-24-35-36-30-31-44-46(48(36)52-47(35)42)38-23-11-13-29-43(38)51-44/h32-48H,1-31H2. The number of fused-ring (bicyclic) bond motifs is 10. The average Bonchev–Trinajstić information content (AvgIpc) is 3.88. The van der Waals surface area contributed by atoms with Crippen molar-refractivity contribution in [3.05, 3.63) is 0 Å². The molecule has 11 fully saturated rings. The third-order valence-electron chi connectivity index (χ3n) is 20.2. The van der Waals surface area contributed by atoms with Gasteiger partial charge in [0, 0.05) is 24.0 Å². The first-order chi connectivity index (χ1) is 25.8. The van der Waals surface area contributed by atoms with Crippen LogP contribution in [-0.2, 0) is 9.47 Å². The second kappa shape index (κ2) is 14.7. The highest BCUT2D eigenvalue weighted by Crippen LogP contribution is 2.72. The van der Waals surface area contributed by atoms with Crippen LogP contribution in [0.2, 0.25) is 0 Å². The van der Waals surface area contributed by atoms with E-state index < -0.39 is 0 Å². The summed E-state index contributed by atoms with van der Waals surface area (Å²) < 4.78 is 14.8. The van der Waals surface area contributed by atoms with Gasteiger partial charge < -0.3 is 9.47 Å². The van der Waals surface area contributed by atoms with Crippen molar-refractivity contribution in [1.82, 2.24) is 4.90 Å². The van der Waals surface area contributed by atoms with Gasteiger partial charge in [-0.25, -0.2) is 0 Å². The first-order valence-electron chi connectivity index (χ1n) is 24.9. The van der Waals surface area contributed by atoms with E-state index in [2.05, 4.69) is 4.90 Å². The van der Waals surface area contributed by atoms with Gasteiger partial charge in [0.15, 0.2) is 0 Å². The summed E-state index contributed by atoms with van der Waals surface area (Å²) in [5.74, 6) is 9.38. The molecule has 0 aromatic rings. The van der Waals surface area contributed by atoms with Crippen molar-refractivity contribution in [3.63, 3.8) is 0 Å². The van der Waals surface area contributed by atoms with Crippen LogP contribution >= 0.6 is 0 Å². The average molecular weight is 714 g/mol. The molecule has 0 aromatic heterocycles. The number of hydrogen-bond donors (Lipinski definition) is 0. The van der Waals surface area contributed by atoms with Gasteiger partial charge in [0.2, 0.25) is 0 Å². The molecule has 14 atom stereocenters. The molecule has 292 valence electrons. The molecule has 3 nitrogen and oxygen atoms in total. The van der Waals surface area contributed by atoms with Crippen LogP contribution in [0.25, 0.3) is 0 Å². The quantitative estimate of drug-likeness (QED) is 0.283.